The molecule has 1 heterocycles. The number of hydrogen-bond acceptors (Lipinski definition) is 5. The van der Waals surface area contributed by atoms with Gasteiger partial charge in [-0.15, -0.1) is 0 Å². The van der Waals surface area contributed by atoms with E-state index in [2.05, 4.69) is 0 Å². The van der Waals surface area contributed by atoms with Gasteiger partial charge in [-0.05, 0) is 32.9 Å². The molecule has 1 aromatic rings. The molecule has 0 aliphatic carbocycles. The quantitative estimate of drug-likeness (QED) is 0.863. The van der Waals surface area contributed by atoms with Gasteiger partial charge < -0.3 is 19.5 Å². The van der Waals surface area contributed by atoms with E-state index in [0.717, 1.165) is 0 Å². The first-order chi connectivity index (χ1) is 10.8. The van der Waals surface area contributed by atoms with E-state index in [-0.39, 0.29) is 19.1 Å². The van der Waals surface area contributed by atoms with Gasteiger partial charge in [-0.3, -0.25) is 0 Å². The number of carbonyl (C=O) groups excluding carboxylic acids is 2. The Morgan fingerprint density at radius 2 is 1.87 bits per heavy atom. The van der Waals surface area contributed by atoms with E-state index in [1.807, 2.05) is 6.07 Å². The van der Waals surface area contributed by atoms with Gasteiger partial charge in [0.05, 0.1) is 24.8 Å². The molecule has 1 amide bonds. The van der Waals surface area contributed by atoms with Gasteiger partial charge >= 0.3 is 12.1 Å². The molecule has 2 unspecified atom stereocenters. The van der Waals surface area contributed by atoms with Crippen LogP contribution in [-0.2, 0) is 9.47 Å². The third kappa shape index (κ3) is 4.96. The molecule has 126 valence electrons. The van der Waals surface area contributed by atoms with Crippen LogP contribution in [0, 0.1) is 5.92 Å². The largest absolute Gasteiger partial charge is 0.462 e. The summed E-state index contributed by atoms with van der Waals surface area (Å²) in [6.45, 7) is 5.92. The third-order valence-corrected chi connectivity index (χ3v) is 3.50. The van der Waals surface area contributed by atoms with Crippen LogP contribution in [-0.4, -0.2) is 53.5 Å². The van der Waals surface area contributed by atoms with Crippen LogP contribution < -0.4 is 0 Å². The summed E-state index contributed by atoms with van der Waals surface area (Å²) < 4.78 is 10.5. The number of nitrogens with zero attached hydrogens (tertiary/aromatic N) is 1. The highest BCUT2D eigenvalue weighted by molar-refractivity contribution is 5.89. The first-order valence-electron chi connectivity index (χ1n) is 7.64. The molecular formula is C17H23NO5. The van der Waals surface area contributed by atoms with Gasteiger partial charge in [0.15, 0.2) is 0 Å². The van der Waals surface area contributed by atoms with Gasteiger partial charge in [0.2, 0.25) is 0 Å². The third-order valence-electron chi connectivity index (χ3n) is 3.50. The average molecular weight is 321 g/mol. The van der Waals surface area contributed by atoms with Crippen LogP contribution in [0.2, 0.25) is 0 Å². The van der Waals surface area contributed by atoms with Crippen LogP contribution in [0.3, 0.4) is 0 Å². The summed E-state index contributed by atoms with van der Waals surface area (Å²) in [5.74, 6) is -0.747. The molecule has 1 aromatic carbocycles. The molecule has 6 heteroatoms. The number of benzene rings is 1. The van der Waals surface area contributed by atoms with Crippen molar-refractivity contribution in [1.82, 2.24) is 4.90 Å². The van der Waals surface area contributed by atoms with Crippen molar-refractivity contribution >= 4 is 12.1 Å². The summed E-state index contributed by atoms with van der Waals surface area (Å²) in [6.07, 6.45) is -1.19. The van der Waals surface area contributed by atoms with Crippen molar-refractivity contribution in [3.05, 3.63) is 35.9 Å². The lowest BCUT2D eigenvalue weighted by molar-refractivity contribution is 0.0269. The molecule has 6 nitrogen and oxygen atoms in total. The van der Waals surface area contributed by atoms with Crippen molar-refractivity contribution in [3.63, 3.8) is 0 Å². The number of esters is 1. The van der Waals surface area contributed by atoms with Crippen LogP contribution in [0.5, 0.6) is 0 Å². The van der Waals surface area contributed by atoms with Crippen LogP contribution >= 0.6 is 0 Å². The van der Waals surface area contributed by atoms with Crippen molar-refractivity contribution in [2.24, 2.45) is 5.92 Å². The van der Waals surface area contributed by atoms with Gasteiger partial charge in [-0.1, -0.05) is 18.2 Å². The molecule has 1 saturated heterocycles. The van der Waals surface area contributed by atoms with E-state index < -0.39 is 23.8 Å². The zero-order valence-electron chi connectivity index (χ0n) is 13.7. The Labute approximate surface area is 136 Å². The number of aliphatic hydroxyl groups excluding tert-OH is 1. The van der Waals surface area contributed by atoms with Crippen LogP contribution in [0.4, 0.5) is 4.79 Å². The standard InChI is InChI=1S/C17H23NO5/c1-17(2,3)23-16(21)18-9-13(14(19)10-18)11-22-15(20)12-7-5-4-6-8-12/h4-8,13-14,19H,9-11H2,1-3H3. The average Bonchev–Trinajstić information content (AvgIpc) is 2.85. The first kappa shape index (κ1) is 17.3. The Balaban J connectivity index is 1.85. The highest BCUT2D eigenvalue weighted by atomic mass is 16.6. The fourth-order valence-corrected chi connectivity index (χ4v) is 2.33. The molecule has 0 radical (unpaired) electrons. The zero-order chi connectivity index (χ0) is 17.0. The molecular weight excluding hydrogens is 298 g/mol. The zero-order valence-corrected chi connectivity index (χ0v) is 13.7. The minimum Gasteiger partial charge on any atom is -0.462 e. The molecule has 0 saturated carbocycles. The van der Waals surface area contributed by atoms with Crippen molar-refractivity contribution in [2.45, 2.75) is 32.5 Å². The Morgan fingerprint density at radius 3 is 2.48 bits per heavy atom. The Kier molecular flexibility index (Phi) is 5.26. The molecule has 0 bridgehead atoms. The summed E-state index contributed by atoms with van der Waals surface area (Å²) in [6, 6.07) is 8.66. The summed E-state index contributed by atoms with van der Waals surface area (Å²) in [7, 11) is 0. The van der Waals surface area contributed by atoms with E-state index in [1.54, 1.807) is 45.0 Å². The summed E-state index contributed by atoms with van der Waals surface area (Å²) in [5.41, 5.74) is -0.121. The van der Waals surface area contributed by atoms with Gasteiger partial charge in [0, 0.05) is 12.5 Å². The smallest absolute Gasteiger partial charge is 0.410 e. The fourth-order valence-electron chi connectivity index (χ4n) is 2.33. The number of hydrogen-bond donors (Lipinski definition) is 1. The molecule has 2 atom stereocenters. The van der Waals surface area contributed by atoms with E-state index in [0.29, 0.717) is 12.1 Å². The summed E-state index contributed by atoms with van der Waals surface area (Å²) in [5, 5.41) is 10.0. The second-order valence-corrected chi connectivity index (χ2v) is 6.68. The van der Waals surface area contributed by atoms with Gasteiger partial charge in [-0.25, -0.2) is 9.59 Å². The molecule has 2 rings (SSSR count). The highest BCUT2D eigenvalue weighted by Crippen LogP contribution is 2.20. The van der Waals surface area contributed by atoms with E-state index in [9.17, 15) is 14.7 Å². The first-order valence-corrected chi connectivity index (χ1v) is 7.64. The predicted molar refractivity (Wildman–Crippen MR) is 84.0 cm³/mol. The molecule has 1 N–H and O–H groups in total. The number of likely N-dealkylation sites (tertiary alicyclic amines) is 1. The van der Waals surface area contributed by atoms with Gasteiger partial charge in [0.1, 0.15) is 5.60 Å². The van der Waals surface area contributed by atoms with Crippen molar-refractivity contribution in [3.8, 4) is 0 Å². The molecule has 0 aromatic heterocycles. The van der Waals surface area contributed by atoms with Crippen LogP contribution in [0.1, 0.15) is 31.1 Å². The van der Waals surface area contributed by atoms with Gasteiger partial charge in [0.25, 0.3) is 0 Å². The number of carbonyl (C=O) groups is 2. The molecule has 1 aliphatic heterocycles. The normalized spacial score (nSPS) is 21.1. The maximum absolute atomic E-state index is 12.0. The fraction of sp³-hybridized carbons (Fsp3) is 0.529. The van der Waals surface area contributed by atoms with E-state index in [4.69, 9.17) is 9.47 Å². The summed E-state index contributed by atoms with van der Waals surface area (Å²) in [4.78, 5) is 25.3. The topological polar surface area (TPSA) is 76.1 Å². The number of aliphatic hydroxyl groups is 1. The number of ether oxygens (including phenoxy) is 2. The SMILES string of the molecule is CC(C)(C)OC(=O)N1CC(O)C(COC(=O)c2ccccc2)C1. The van der Waals surface area contributed by atoms with Crippen molar-refractivity contribution < 1.29 is 24.2 Å². The predicted octanol–water partition coefficient (Wildman–Crippen LogP) is 2.07. The number of β-amino-alcohol motifs (C(OH)–C–C–N with tert-alkyl or cyclic N) is 1. The Bertz CT molecular complexity index is 552. The molecule has 23 heavy (non-hydrogen) atoms. The maximum atomic E-state index is 12.0. The lowest BCUT2D eigenvalue weighted by Crippen LogP contribution is -2.36. The highest BCUT2D eigenvalue weighted by Gasteiger charge is 2.36. The lowest BCUT2D eigenvalue weighted by atomic mass is 10.1. The Morgan fingerprint density at radius 1 is 1.22 bits per heavy atom. The van der Waals surface area contributed by atoms with E-state index >= 15 is 0 Å². The lowest BCUT2D eigenvalue weighted by Gasteiger charge is -2.24. The second-order valence-electron chi connectivity index (χ2n) is 6.68. The van der Waals surface area contributed by atoms with E-state index in [1.165, 1.54) is 4.90 Å². The van der Waals surface area contributed by atoms with Crippen LogP contribution in [0.25, 0.3) is 0 Å². The molecule has 0 spiro atoms. The number of amides is 1. The van der Waals surface area contributed by atoms with Crippen LogP contribution in [0.15, 0.2) is 30.3 Å². The van der Waals surface area contributed by atoms with Crippen molar-refractivity contribution in [1.29, 1.82) is 0 Å². The van der Waals surface area contributed by atoms with Crippen molar-refractivity contribution in [2.75, 3.05) is 19.7 Å². The minimum atomic E-state index is -0.730. The molecule has 1 aliphatic rings. The number of rotatable bonds is 3. The molecule has 1 fully saturated rings. The summed E-state index contributed by atoms with van der Waals surface area (Å²) >= 11 is 0. The minimum absolute atomic E-state index is 0.0637. The Hall–Kier alpha value is -2.08. The second kappa shape index (κ2) is 7.00. The monoisotopic (exact) mass is 321 g/mol. The maximum Gasteiger partial charge on any atom is 0.410 e. The van der Waals surface area contributed by atoms with Gasteiger partial charge in [-0.2, -0.15) is 0 Å².